The number of ether oxygens (including phenoxy) is 1. The maximum atomic E-state index is 12.5. The first kappa shape index (κ1) is 17.0. The Labute approximate surface area is 143 Å². The lowest BCUT2D eigenvalue weighted by Crippen LogP contribution is -2.42. The lowest BCUT2D eigenvalue weighted by Gasteiger charge is -2.21. The summed E-state index contributed by atoms with van der Waals surface area (Å²) in [5.41, 5.74) is 0.803. The smallest absolute Gasteiger partial charge is 0.329 e. The first-order valence-corrected chi connectivity index (χ1v) is 8.23. The highest BCUT2D eigenvalue weighted by molar-refractivity contribution is 8.26. The van der Waals surface area contributed by atoms with Crippen LogP contribution in [0.5, 0.6) is 0 Å². The Balaban J connectivity index is 2.23. The second kappa shape index (κ2) is 7.26. The normalized spacial score (nSPS) is 18.0. The molecular formula is C15H14ClNO3S2. The molecule has 0 radical (unpaired) electrons. The molecule has 1 amide bonds. The lowest BCUT2D eigenvalue weighted by molar-refractivity contribution is -0.149. The number of hydrogen-bond acceptors (Lipinski definition) is 5. The zero-order valence-electron chi connectivity index (χ0n) is 12.0. The van der Waals surface area contributed by atoms with Gasteiger partial charge in [0.25, 0.3) is 5.91 Å². The molecule has 1 atom stereocenters. The molecule has 1 fully saturated rings. The summed E-state index contributed by atoms with van der Waals surface area (Å²) in [6.07, 6.45) is 1.71. The van der Waals surface area contributed by atoms with Gasteiger partial charge in [-0.3, -0.25) is 9.69 Å². The van der Waals surface area contributed by atoms with Gasteiger partial charge >= 0.3 is 5.97 Å². The standard InChI is InChI=1S/C15H14ClNO3S2/c1-3-20-14(19)9(2)17-13(18)12(22-15(17)21)8-10-5-4-6-11(16)7-10/h4-9H,3H2,1-2H3/b12-8-. The van der Waals surface area contributed by atoms with Crippen molar-refractivity contribution < 1.29 is 14.3 Å². The van der Waals surface area contributed by atoms with E-state index in [1.54, 1.807) is 38.1 Å². The molecule has 0 bridgehead atoms. The fourth-order valence-electron chi connectivity index (χ4n) is 1.93. The highest BCUT2D eigenvalue weighted by atomic mass is 35.5. The quantitative estimate of drug-likeness (QED) is 0.470. The van der Waals surface area contributed by atoms with E-state index >= 15 is 0 Å². The van der Waals surface area contributed by atoms with Crippen LogP contribution in [0.25, 0.3) is 6.08 Å². The molecule has 0 aliphatic carbocycles. The number of halogens is 1. The number of nitrogens with zero attached hydrogens (tertiary/aromatic N) is 1. The van der Waals surface area contributed by atoms with Crippen LogP contribution >= 0.6 is 35.6 Å². The molecule has 1 aliphatic heterocycles. The Morgan fingerprint density at radius 1 is 1.55 bits per heavy atom. The van der Waals surface area contributed by atoms with Crippen molar-refractivity contribution in [2.75, 3.05) is 6.61 Å². The van der Waals surface area contributed by atoms with E-state index in [4.69, 9.17) is 28.6 Å². The summed E-state index contributed by atoms with van der Waals surface area (Å²) in [6.45, 7) is 3.58. The Hall–Kier alpha value is -1.37. The van der Waals surface area contributed by atoms with Crippen molar-refractivity contribution in [2.24, 2.45) is 0 Å². The number of thiocarbonyl (C=S) groups is 1. The van der Waals surface area contributed by atoms with Gasteiger partial charge in [0.05, 0.1) is 11.5 Å². The number of hydrogen-bond donors (Lipinski definition) is 0. The van der Waals surface area contributed by atoms with E-state index < -0.39 is 12.0 Å². The van der Waals surface area contributed by atoms with Crippen LogP contribution in [0.4, 0.5) is 0 Å². The molecule has 0 N–H and O–H groups in total. The van der Waals surface area contributed by atoms with Gasteiger partial charge in [-0.1, -0.05) is 47.7 Å². The van der Waals surface area contributed by atoms with Crippen molar-refractivity contribution in [2.45, 2.75) is 19.9 Å². The molecule has 1 aromatic carbocycles. The highest BCUT2D eigenvalue weighted by Gasteiger charge is 2.38. The van der Waals surface area contributed by atoms with Gasteiger partial charge in [0.15, 0.2) is 0 Å². The predicted molar refractivity (Wildman–Crippen MR) is 92.6 cm³/mol. The zero-order valence-corrected chi connectivity index (χ0v) is 14.4. The Bertz CT molecular complexity index is 660. The van der Waals surface area contributed by atoms with E-state index in [0.29, 0.717) is 14.2 Å². The molecule has 0 saturated carbocycles. The molecule has 7 heteroatoms. The second-order valence-corrected chi connectivity index (χ2v) is 6.65. The number of amides is 1. The van der Waals surface area contributed by atoms with E-state index in [2.05, 4.69) is 0 Å². The van der Waals surface area contributed by atoms with Gasteiger partial charge < -0.3 is 4.74 Å². The van der Waals surface area contributed by atoms with E-state index in [-0.39, 0.29) is 12.5 Å². The summed E-state index contributed by atoms with van der Waals surface area (Å²) in [5.74, 6) is -0.765. The summed E-state index contributed by atoms with van der Waals surface area (Å²) in [4.78, 5) is 26.0. The summed E-state index contributed by atoms with van der Waals surface area (Å²) < 4.78 is 5.29. The van der Waals surface area contributed by atoms with Gasteiger partial charge in [0, 0.05) is 5.02 Å². The van der Waals surface area contributed by atoms with Crippen LogP contribution < -0.4 is 0 Å². The van der Waals surface area contributed by atoms with Gasteiger partial charge in [0.1, 0.15) is 10.4 Å². The number of carbonyl (C=O) groups excluding carboxylic acids is 2. The summed E-state index contributed by atoms with van der Waals surface area (Å²) in [6, 6.07) is 6.41. The minimum atomic E-state index is -0.738. The summed E-state index contributed by atoms with van der Waals surface area (Å²) in [5, 5.41) is 0.587. The maximum Gasteiger partial charge on any atom is 0.329 e. The Morgan fingerprint density at radius 3 is 2.91 bits per heavy atom. The van der Waals surface area contributed by atoms with Crippen molar-refractivity contribution in [1.82, 2.24) is 4.90 Å². The Kier molecular flexibility index (Phi) is 5.61. The van der Waals surface area contributed by atoms with Crippen molar-refractivity contribution in [1.29, 1.82) is 0 Å². The molecule has 22 heavy (non-hydrogen) atoms. The molecular weight excluding hydrogens is 342 g/mol. The fraction of sp³-hybridized carbons (Fsp3) is 0.267. The molecule has 1 aliphatic rings. The number of carbonyl (C=O) groups is 2. The SMILES string of the molecule is CCOC(=O)C(C)N1C(=O)/C(=C/c2cccc(Cl)c2)SC1=S. The van der Waals surface area contributed by atoms with E-state index in [1.807, 2.05) is 6.07 Å². The minimum Gasteiger partial charge on any atom is -0.464 e. The second-order valence-electron chi connectivity index (χ2n) is 4.53. The van der Waals surface area contributed by atoms with Gasteiger partial charge in [-0.25, -0.2) is 4.79 Å². The van der Waals surface area contributed by atoms with Crippen molar-refractivity contribution in [3.8, 4) is 0 Å². The molecule has 0 spiro atoms. The van der Waals surface area contributed by atoms with E-state index in [9.17, 15) is 9.59 Å². The van der Waals surface area contributed by atoms with Crippen molar-refractivity contribution in [3.05, 3.63) is 39.8 Å². The molecule has 1 saturated heterocycles. The number of benzene rings is 1. The molecule has 4 nitrogen and oxygen atoms in total. The van der Waals surface area contributed by atoms with Gasteiger partial charge in [-0.2, -0.15) is 0 Å². The fourth-order valence-corrected chi connectivity index (χ4v) is 3.55. The topological polar surface area (TPSA) is 46.6 Å². The third-order valence-electron chi connectivity index (χ3n) is 2.98. The van der Waals surface area contributed by atoms with Gasteiger partial charge in [-0.15, -0.1) is 0 Å². The van der Waals surface area contributed by atoms with E-state index in [0.717, 1.165) is 17.3 Å². The van der Waals surface area contributed by atoms with Crippen LogP contribution in [0.1, 0.15) is 19.4 Å². The molecule has 2 rings (SSSR count). The van der Waals surface area contributed by atoms with Crippen molar-refractivity contribution >= 4 is 57.9 Å². The number of esters is 1. The van der Waals surface area contributed by atoms with Crippen LogP contribution in [-0.2, 0) is 14.3 Å². The lowest BCUT2D eigenvalue weighted by atomic mass is 10.2. The van der Waals surface area contributed by atoms with Crippen LogP contribution in [0, 0.1) is 0 Å². The molecule has 1 aromatic rings. The first-order valence-electron chi connectivity index (χ1n) is 6.63. The minimum absolute atomic E-state index is 0.260. The third-order valence-corrected chi connectivity index (χ3v) is 4.55. The monoisotopic (exact) mass is 355 g/mol. The van der Waals surface area contributed by atoms with Gasteiger partial charge in [0.2, 0.25) is 0 Å². The summed E-state index contributed by atoms with van der Waals surface area (Å²) in [7, 11) is 0. The van der Waals surface area contributed by atoms with Crippen LogP contribution in [-0.4, -0.2) is 33.7 Å². The molecule has 1 unspecified atom stereocenters. The molecule has 0 aromatic heterocycles. The average Bonchev–Trinajstić information content (AvgIpc) is 2.73. The summed E-state index contributed by atoms with van der Waals surface area (Å²) >= 11 is 12.3. The Morgan fingerprint density at radius 2 is 2.27 bits per heavy atom. The van der Waals surface area contributed by atoms with E-state index in [1.165, 1.54) is 4.90 Å². The molecule has 1 heterocycles. The van der Waals surface area contributed by atoms with Crippen LogP contribution in [0.15, 0.2) is 29.2 Å². The largest absolute Gasteiger partial charge is 0.464 e. The zero-order chi connectivity index (χ0) is 16.3. The maximum absolute atomic E-state index is 12.5. The number of thioether (sulfide) groups is 1. The van der Waals surface area contributed by atoms with Gasteiger partial charge in [-0.05, 0) is 37.6 Å². The first-order chi connectivity index (χ1) is 10.4. The average molecular weight is 356 g/mol. The van der Waals surface area contributed by atoms with Crippen LogP contribution in [0.2, 0.25) is 5.02 Å². The third kappa shape index (κ3) is 3.69. The number of rotatable bonds is 4. The van der Waals surface area contributed by atoms with Crippen molar-refractivity contribution in [3.63, 3.8) is 0 Å². The molecule has 116 valence electrons. The predicted octanol–water partition coefficient (Wildman–Crippen LogP) is 3.49. The van der Waals surface area contributed by atoms with Crippen LogP contribution in [0.3, 0.4) is 0 Å². The highest BCUT2D eigenvalue weighted by Crippen LogP contribution is 2.34.